The van der Waals surface area contributed by atoms with Gasteiger partial charge in [-0.2, -0.15) is 0 Å². The van der Waals surface area contributed by atoms with E-state index in [-0.39, 0.29) is 5.91 Å². The van der Waals surface area contributed by atoms with Crippen LogP contribution in [0.25, 0.3) is 0 Å². The van der Waals surface area contributed by atoms with Crippen molar-refractivity contribution in [2.24, 2.45) is 0 Å². The van der Waals surface area contributed by atoms with Crippen LogP contribution in [0.1, 0.15) is 12.0 Å². The fourth-order valence-electron chi connectivity index (χ4n) is 1.99. The summed E-state index contributed by atoms with van der Waals surface area (Å²) in [4.78, 5) is 13.7. The van der Waals surface area contributed by atoms with Gasteiger partial charge in [0.1, 0.15) is 5.75 Å². The summed E-state index contributed by atoms with van der Waals surface area (Å²) in [5, 5.41) is 0.689. The maximum atomic E-state index is 11.9. The molecule has 0 spiro atoms. The minimum atomic E-state index is 0.120. The molecule has 0 aromatic heterocycles. The molecule has 104 valence electrons. The molecular formula is C14H18ClNO3. The van der Waals surface area contributed by atoms with E-state index in [1.54, 1.807) is 6.07 Å². The predicted molar refractivity (Wildman–Crippen MR) is 73.7 cm³/mol. The molecular weight excluding hydrogens is 266 g/mol. The van der Waals surface area contributed by atoms with Crippen molar-refractivity contribution in [3.8, 4) is 5.75 Å². The lowest BCUT2D eigenvalue weighted by Gasteiger charge is -2.26. The summed E-state index contributed by atoms with van der Waals surface area (Å²) in [6.07, 6.45) is 0.391. The topological polar surface area (TPSA) is 38.8 Å². The van der Waals surface area contributed by atoms with Crippen molar-refractivity contribution in [3.05, 3.63) is 28.8 Å². The van der Waals surface area contributed by atoms with Crippen LogP contribution in [0.15, 0.2) is 18.2 Å². The number of amides is 1. The number of benzene rings is 1. The Bertz CT molecular complexity index is 444. The minimum Gasteiger partial charge on any atom is -0.493 e. The highest BCUT2D eigenvalue weighted by atomic mass is 35.5. The van der Waals surface area contributed by atoms with Crippen LogP contribution in [0.3, 0.4) is 0 Å². The van der Waals surface area contributed by atoms with Gasteiger partial charge in [0.15, 0.2) is 0 Å². The number of halogens is 1. The highest BCUT2D eigenvalue weighted by Gasteiger charge is 2.16. The van der Waals surface area contributed by atoms with Crippen molar-refractivity contribution < 1.29 is 14.3 Å². The molecule has 2 rings (SSSR count). The Kier molecular flexibility index (Phi) is 5.05. The normalized spacial score (nSPS) is 15.4. The number of aryl methyl sites for hydroxylation is 1. The van der Waals surface area contributed by atoms with Gasteiger partial charge in [-0.15, -0.1) is 0 Å². The summed E-state index contributed by atoms with van der Waals surface area (Å²) in [5.74, 6) is 0.897. The van der Waals surface area contributed by atoms with Crippen molar-refractivity contribution in [2.75, 3.05) is 32.9 Å². The molecule has 19 heavy (non-hydrogen) atoms. The largest absolute Gasteiger partial charge is 0.493 e. The quantitative estimate of drug-likeness (QED) is 0.851. The highest BCUT2D eigenvalue weighted by molar-refractivity contribution is 6.30. The zero-order chi connectivity index (χ0) is 13.7. The van der Waals surface area contributed by atoms with Crippen LogP contribution in [0, 0.1) is 6.92 Å². The molecule has 0 N–H and O–H groups in total. The first-order valence-electron chi connectivity index (χ1n) is 6.41. The van der Waals surface area contributed by atoms with Crippen LogP contribution in [0.5, 0.6) is 5.75 Å². The van der Waals surface area contributed by atoms with Crippen molar-refractivity contribution in [1.29, 1.82) is 0 Å². The van der Waals surface area contributed by atoms with Gasteiger partial charge in [-0.3, -0.25) is 4.79 Å². The summed E-state index contributed by atoms with van der Waals surface area (Å²) in [6.45, 7) is 4.94. The number of hydrogen-bond donors (Lipinski definition) is 0. The van der Waals surface area contributed by atoms with Gasteiger partial charge in [-0.05, 0) is 30.7 Å². The molecule has 1 aromatic rings. The Morgan fingerprint density at radius 3 is 2.84 bits per heavy atom. The number of carbonyl (C=O) groups excluding carboxylic acids is 1. The number of morpholine rings is 1. The number of ether oxygens (including phenoxy) is 2. The molecule has 0 saturated carbocycles. The second kappa shape index (κ2) is 6.78. The molecule has 1 saturated heterocycles. The second-order valence-corrected chi connectivity index (χ2v) is 4.94. The Hall–Kier alpha value is -1.26. The van der Waals surface area contributed by atoms with Crippen LogP contribution in [0.4, 0.5) is 0 Å². The number of hydrogen-bond acceptors (Lipinski definition) is 3. The molecule has 0 bridgehead atoms. The third-order valence-electron chi connectivity index (χ3n) is 3.07. The zero-order valence-electron chi connectivity index (χ0n) is 11.0. The molecule has 0 unspecified atom stereocenters. The number of nitrogens with zero attached hydrogens (tertiary/aromatic N) is 1. The minimum absolute atomic E-state index is 0.120. The van der Waals surface area contributed by atoms with Crippen LogP contribution >= 0.6 is 11.6 Å². The van der Waals surface area contributed by atoms with Crippen molar-refractivity contribution >= 4 is 17.5 Å². The van der Waals surface area contributed by atoms with Gasteiger partial charge < -0.3 is 14.4 Å². The van der Waals surface area contributed by atoms with Crippen molar-refractivity contribution in [2.45, 2.75) is 13.3 Å². The average Bonchev–Trinajstić information content (AvgIpc) is 2.42. The summed E-state index contributed by atoms with van der Waals surface area (Å²) >= 11 is 5.87. The summed E-state index contributed by atoms with van der Waals surface area (Å²) in [7, 11) is 0. The van der Waals surface area contributed by atoms with Gasteiger partial charge in [0.2, 0.25) is 5.91 Å². The SMILES string of the molecule is Cc1cc(Cl)ccc1OCCC(=O)N1CCOCC1. The average molecular weight is 284 g/mol. The molecule has 0 aliphatic carbocycles. The Morgan fingerprint density at radius 2 is 2.16 bits per heavy atom. The Balaban J connectivity index is 1.78. The maximum Gasteiger partial charge on any atom is 0.226 e. The Labute approximate surface area is 118 Å². The first-order chi connectivity index (χ1) is 9.16. The monoisotopic (exact) mass is 283 g/mol. The van der Waals surface area contributed by atoms with Crippen LogP contribution in [-0.2, 0) is 9.53 Å². The van der Waals surface area contributed by atoms with E-state index in [9.17, 15) is 4.79 Å². The third-order valence-corrected chi connectivity index (χ3v) is 3.31. The van der Waals surface area contributed by atoms with E-state index in [2.05, 4.69) is 0 Å². The molecule has 1 aliphatic heterocycles. The van der Waals surface area contributed by atoms with E-state index >= 15 is 0 Å². The molecule has 5 heteroatoms. The molecule has 1 aromatic carbocycles. The van der Waals surface area contributed by atoms with E-state index in [1.807, 2.05) is 24.0 Å². The summed E-state index contributed by atoms with van der Waals surface area (Å²) < 4.78 is 10.8. The summed E-state index contributed by atoms with van der Waals surface area (Å²) in [6, 6.07) is 5.46. The summed E-state index contributed by atoms with van der Waals surface area (Å²) in [5.41, 5.74) is 0.978. The van der Waals surface area contributed by atoms with Crippen molar-refractivity contribution in [3.63, 3.8) is 0 Å². The van der Waals surface area contributed by atoms with E-state index in [1.165, 1.54) is 0 Å². The van der Waals surface area contributed by atoms with Gasteiger partial charge in [0, 0.05) is 18.1 Å². The van der Waals surface area contributed by atoms with E-state index in [0.717, 1.165) is 11.3 Å². The molecule has 0 radical (unpaired) electrons. The third kappa shape index (κ3) is 4.11. The first kappa shape index (κ1) is 14.2. The van der Waals surface area contributed by atoms with Crippen molar-refractivity contribution in [1.82, 2.24) is 4.90 Å². The Morgan fingerprint density at radius 1 is 1.42 bits per heavy atom. The first-order valence-corrected chi connectivity index (χ1v) is 6.79. The van der Waals surface area contributed by atoms with Gasteiger partial charge in [0.05, 0.1) is 26.2 Å². The molecule has 1 fully saturated rings. The number of rotatable bonds is 4. The van der Waals surface area contributed by atoms with Crippen LogP contribution < -0.4 is 4.74 Å². The highest BCUT2D eigenvalue weighted by Crippen LogP contribution is 2.21. The lowest BCUT2D eigenvalue weighted by molar-refractivity contribution is -0.135. The van der Waals surface area contributed by atoms with E-state index in [4.69, 9.17) is 21.1 Å². The van der Waals surface area contributed by atoms with Gasteiger partial charge >= 0.3 is 0 Å². The predicted octanol–water partition coefficient (Wildman–Crippen LogP) is 2.28. The molecule has 0 atom stereocenters. The van der Waals surface area contributed by atoms with E-state index < -0.39 is 0 Å². The van der Waals surface area contributed by atoms with Gasteiger partial charge in [0.25, 0.3) is 0 Å². The lowest BCUT2D eigenvalue weighted by Crippen LogP contribution is -2.41. The molecule has 1 aliphatic rings. The molecule has 1 amide bonds. The van der Waals surface area contributed by atoms with Gasteiger partial charge in [-0.25, -0.2) is 0 Å². The number of carbonyl (C=O) groups is 1. The fourth-order valence-corrected chi connectivity index (χ4v) is 2.22. The lowest BCUT2D eigenvalue weighted by atomic mass is 10.2. The molecule has 4 nitrogen and oxygen atoms in total. The fraction of sp³-hybridized carbons (Fsp3) is 0.500. The molecule has 1 heterocycles. The van der Waals surface area contributed by atoms with Gasteiger partial charge in [-0.1, -0.05) is 11.6 Å². The van der Waals surface area contributed by atoms with Crippen LogP contribution in [-0.4, -0.2) is 43.7 Å². The second-order valence-electron chi connectivity index (χ2n) is 4.50. The van der Waals surface area contributed by atoms with Crippen LogP contribution in [0.2, 0.25) is 5.02 Å². The van der Waals surface area contributed by atoms with E-state index in [0.29, 0.717) is 44.4 Å². The smallest absolute Gasteiger partial charge is 0.226 e. The standard InChI is InChI=1S/C14H18ClNO3/c1-11-10-12(15)2-3-13(11)19-7-4-14(17)16-5-8-18-9-6-16/h2-3,10H,4-9H2,1H3. The maximum absolute atomic E-state index is 11.9. The zero-order valence-corrected chi connectivity index (χ0v) is 11.8.